The Hall–Kier alpha value is -2.51. The summed E-state index contributed by atoms with van der Waals surface area (Å²) in [4.78, 5) is 24.8. The number of hydrogen-bond donors (Lipinski definition) is 1. The average molecular weight is 485 g/mol. The molecule has 3 aliphatic rings. The zero-order valence-electron chi connectivity index (χ0n) is 18.6. The van der Waals surface area contributed by atoms with Gasteiger partial charge in [0, 0.05) is 23.2 Å². The summed E-state index contributed by atoms with van der Waals surface area (Å²) in [6, 6.07) is 3.91. The average Bonchev–Trinajstić information content (AvgIpc) is 3.19. The van der Waals surface area contributed by atoms with E-state index in [9.17, 15) is 22.8 Å². The molecule has 9 nitrogen and oxygen atoms in total. The number of ether oxygens (including phenoxy) is 5. The summed E-state index contributed by atoms with van der Waals surface area (Å²) in [6.07, 6.45) is -8.92. The molecule has 0 bridgehead atoms. The monoisotopic (exact) mass is 485 g/mol. The molecule has 0 aliphatic carbocycles. The molecule has 2 aromatic rings. The van der Waals surface area contributed by atoms with Gasteiger partial charge in [-0.15, -0.1) is 0 Å². The topological polar surface area (TPSA) is 105 Å². The Labute approximate surface area is 191 Å². The number of rotatable bonds is 2. The molecule has 0 spiro atoms. The highest BCUT2D eigenvalue weighted by molar-refractivity contribution is 5.96. The first-order chi connectivity index (χ1) is 15.7. The van der Waals surface area contributed by atoms with Crippen LogP contribution >= 0.6 is 0 Å². The Kier molecular flexibility index (Phi) is 5.12. The highest BCUT2D eigenvalue weighted by atomic mass is 19.4. The number of carbonyl (C=O) groups is 1. The van der Waals surface area contributed by atoms with E-state index in [1.165, 1.54) is 6.07 Å². The number of carbonyl (C=O) groups excluding carboxylic acids is 1. The van der Waals surface area contributed by atoms with Gasteiger partial charge >= 0.3 is 11.8 Å². The molecule has 3 saturated heterocycles. The third-order valence-corrected chi connectivity index (χ3v) is 5.73. The second-order valence-corrected chi connectivity index (χ2v) is 9.27. The van der Waals surface area contributed by atoms with Gasteiger partial charge in [0.2, 0.25) is 0 Å². The van der Waals surface area contributed by atoms with Crippen molar-refractivity contribution < 1.29 is 46.1 Å². The zero-order chi connectivity index (χ0) is 24.6. The maximum absolute atomic E-state index is 13.3. The van der Waals surface area contributed by atoms with Gasteiger partial charge in [-0.25, -0.2) is 4.79 Å². The first-order valence-corrected chi connectivity index (χ1v) is 10.6. The Bertz CT molecular complexity index is 1210. The van der Waals surface area contributed by atoms with E-state index in [1.54, 1.807) is 27.7 Å². The van der Waals surface area contributed by atoms with E-state index >= 15 is 0 Å². The van der Waals surface area contributed by atoms with E-state index in [1.807, 2.05) is 0 Å². The summed E-state index contributed by atoms with van der Waals surface area (Å²) in [5, 5.41) is 2.27. The van der Waals surface area contributed by atoms with Crippen LogP contribution in [0.25, 0.3) is 11.0 Å². The number of anilines is 1. The van der Waals surface area contributed by atoms with Gasteiger partial charge in [-0.1, -0.05) is 0 Å². The third kappa shape index (κ3) is 4.09. The van der Waals surface area contributed by atoms with Crippen molar-refractivity contribution in [3.8, 4) is 0 Å². The van der Waals surface area contributed by atoms with Crippen LogP contribution in [0.3, 0.4) is 0 Å². The molecule has 34 heavy (non-hydrogen) atoms. The molecule has 1 N–H and O–H groups in total. The van der Waals surface area contributed by atoms with Gasteiger partial charge in [-0.2, -0.15) is 13.2 Å². The lowest BCUT2D eigenvalue weighted by atomic mass is 9.98. The second-order valence-electron chi connectivity index (χ2n) is 9.27. The van der Waals surface area contributed by atoms with Gasteiger partial charge in [0.05, 0.1) is 5.56 Å². The van der Waals surface area contributed by atoms with Crippen LogP contribution in [0.4, 0.5) is 18.9 Å². The number of amides is 1. The minimum Gasteiger partial charge on any atom is -0.423 e. The summed E-state index contributed by atoms with van der Waals surface area (Å²) < 4.78 is 74.2. The fraction of sp³-hybridized carbons (Fsp3) is 0.545. The van der Waals surface area contributed by atoms with E-state index < -0.39 is 65.6 Å². The number of fused-ring (bicyclic) bond motifs is 4. The molecule has 3 aliphatic heterocycles. The van der Waals surface area contributed by atoms with Crippen LogP contribution in [-0.2, 0) is 34.7 Å². The van der Waals surface area contributed by atoms with Crippen LogP contribution in [0.15, 0.2) is 33.5 Å². The van der Waals surface area contributed by atoms with Crippen molar-refractivity contribution in [1.29, 1.82) is 0 Å². The Morgan fingerprint density at radius 1 is 0.941 bits per heavy atom. The van der Waals surface area contributed by atoms with Crippen LogP contribution in [0.2, 0.25) is 0 Å². The largest absolute Gasteiger partial charge is 0.423 e. The standard InChI is InChI=1S/C22H22F3NO8/c1-20(2)31-14-15(32-20)17-19(34-21(3,4)33-17)30-16(14)18(28)26-9-5-6-10-11(22(23,24)25)8-13(27)29-12(10)7-9/h5-8,14-17,19H,1-4H3,(H,26,28)/t14-,15+,16+,17+,19+/m1/s1. The van der Waals surface area contributed by atoms with E-state index in [4.69, 9.17) is 28.1 Å². The van der Waals surface area contributed by atoms with Crippen molar-refractivity contribution >= 4 is 22.6 Å². The molecular formula is C22H22F3NO8. The zero-order valence-corrected chi connectivity index (χ0v) is 18.6. The third-order valence-electron chi connectivity index (χ3n) is 5.73. The number of benzene rings is 1. The molecule has 0 radical (unpaired) electrons. The van der Waals surface area contributed by atoms with Crippen LogP contribution in [0, 0.1) is 0 Å². The van der Waals surface area contributed by atoms with Crippen molar-refractivity contribution in [1.82, 2.24) is 0 Å². The molecule has 5 atom stereocenters. The summed E-state index contributed by atoms with van der Waals surface area (Å²) in [5.41, 5.74) is -2.51. The van der Waals surface area contributed by atoms with Gasteiger partial charge in [0.25, 0.3) is 5.91 Å². The molecule has 5 rings (SSSR count). The summed E-state index contributed by atoms with van der Waals surface area (Å²) in [6.45, 7) is 6.80. The van der Waals surface area contributed by atoms with Crippen LogP contribution in [0.5, 0.6) is 0 Å². The molecule has 184 valence electrons. The molecule has 0 unspecified atom stereocenters. The molecular weight excluding hydrogens is 463 g/mol. The maximum atomic E-state index is 13.3. The first-order valence-electron chi connectivity index (χ1n) is 10.6. The number of hydrogen-bond acceptors (Lipinski definition) is 8. The fourth-order valence-electron chi connectivity index (χ4n) is 4.51. The van der Waals surface area contributed by atoms with Crippen molar-refractivity contribution in [2.75, 3.05) is 5.32 Å². The van der Waals surface area contributed by atoms with Crippen molar-refractivity contribution in [2.45, 2.75) is 76.2 Å². The molecule has 3 fully saturated rings. The Balaban J connectivity index is 1.43. The van der Waals surface area contributed by atoms with Crippen LogP contribution in [0.1, 0.15) is 33.3 Å². The lowest BCUT2D eigenvalue weighted by Gasteiger charge is -2.36. The molecule has 1 amide bonds. The first kappa shape index (κ1) is 23.2. The smallest absolute Gasteiger partial charge is 0.417 e. The van der Waals surface area contributed by atoms with Crippen LogP contribution in [-0.4, -0.2) is 48.2 Å². The van der Waals surface area contributed by atoms with Gasteiger partial charge < -0.3 is 33.4 Å². The van der Waals surface area contributed by atoms with E-state index in [2.05, 4.69) is 5.32 Å². The summed E-state index contributed by atoms with van der Waals surface area (Å²) >= 11 is 0. The number of halogens is 3. The van der Waals surface area contributed by atoms with E-state index in [0.29, 0.717) is 6.07 Å². The maximum Gasteiger partial charge on any atom is 0.417 e. The predicted octanol–water partition coefficient (Wildman–Crippen LogP) is 3.15. The van der Waals surface area contributed by atoms with Gasteiger partial charge in [-0.3, -0.25) is 4.79 Å². The van der Waals surface area contributed by atoms with Gasteiger partial charge in [0.15, 0.2) is 24.0 Å². The molecule has 12 heteroatoms. The normalized spacial score (nSPS) is 31.8. The van der Waals surface area contributed by atoms with E-state index in [-0.39, 0.29) is 16.7 Å². The van der Waals surface area contributed by atoms with Gasteiger partial charge in [-0.05, 0) is 39.8 Å². The van der Waals surface area contributed by atoms with Gasteiger partial charge in [0.1, 0.15) is 23.9 Å². The molecule has 0 saturated carbocycles. The highest BCUT2D eigenvalue weighted by Crippen LogP contribution is 2.44. The lowest BCUT2D eigenvalue weighted by Crippen LogP contribution is -2.58. The predicted molar refractivity (Wildman–Crippen MR) is 109 cm³/mol. The molecule has 1 aromatic heterocycles. The summed E-state index contributed by atoms with van der Waals surface area (Å²) in [7, 11) is 0. The molecule has 4 heterocycles. The second kappa shape index (κ2) is 7.49. The quantitative estimate of drug-likeness (QED) is 0.647. The van der Waals surface area contributed by atoms with Crippen molar-refractivity contribution in [3.63, 3.8) is 0 Å². The minimum atomic E-state index is -4.75. The van der Waals surface area contributed by atoms with Crippen molar-refractivity contribution in [2.24, 2.45) is 0 Å². The van der Waals surface area contributed by atoms with Crippen molar-refractivity contribution in [3.05, 3.63) is 40.2 Å². The SMILES string of the molecule is CC1(C)O[C@@H]2O[C@H](C(=O)Nc3ccc4c(C(F)(F)F)cc(=O)oc4c3)[C@@H]3OC(C)(C)O[C@@H]3[C@@H]2O1. The fourth-order valence-corrected chi connectivity index (χ4v) is 4.51. The minimum absolute atomic E-state index is 0.101. The lowest BCUT2D eigenvalue weighted by molar-refractivity contribution is -0.229. The van der Waals surface area contributed by atoms with E-state index in [0.717, 1.165) is 12.1 Å². The number of alkyl halides is 3. The Morgan fingerprint density at radius 2 is 1.59 bits per heavy atom. The summed E-state index contributed by atoms with van der Waals surface area (Å²) in [5.74, 6) is -2.62. The van der Waals surface area contributed by atoms with Crippen LogP contribution < -0.4 is 10.9 Å². The number of nitrogens with one attached hydrogen (secondary N) is 1. The molecule has 1 aromatic carbocycles. The Morgan fingerprint density at radius 3 is 2.29 bits per heavy atom. The highest BCUT2D eigenvalue weighted by Gasteiger charge is 2.62.